The van der Waals surface area contributed by atoms with Crippen molar-refractivity contribution in [3.63, 3.8) is 0 Å². The quantitative estimate of drug-likeness (QED) is 0.834. The van der Waals surface area contributed by atoms with Crippen LogP contribution in [0.2, 0.25) is 0 Å². The van der Waals surface area contributed by atoms with E-state index >= 15 is 0 Å². The summed E-state index contributed by atoms with van der Waals surface area (Å²) in [5.41, 5.74) is 1.40. The van der Waals surface area contributed by atoms with Gasteiger partial charge in [-0.1, -0.05) is 12.1 Å². The van der Waals surface area contributed by atoms with E-state index in [4.69, 9.17) is 4.74 Å². The van der Waals surface area contributed by atoms with E-state index in [0.717, 1.165) is 5.56 Å². The van der Waals surface area contributed by atoms with Crippen molar-refractivity contribution >= 4 is 17.6 Å². The molecule has 0 saturated heterocycles. The van der Waals surface area contributed by atoms with Gasteiger partial charge in [0.2, 0.25) is 5.91 Å². The smallest absolute Gasteiger partial charge is 0.306 e. The molecule has 1 amide bonds. The maximum absolute atomic E-state index is 11.9. The molecule has 1 aliphatic heterocycles. The number of carbonyl (C=O) groups is 2. The molecule has 1 aliphatic rings. The van der Waals surface area contributed by atoms with E-state index in [1.54, 1.807) is 26.8 Å². The van der Waals surface area contributed by atoms with Crippen molar-refractivity contribution in [2.24, 2.45) is 5.41 Å². The lowest BCUT2D eigenvalue weighted by atomic mass is 9.78. The lowest BCUT2D eigenvalue weighted by Gasteiger charge is -2.35. The first-order valence-corrected chi connectivity index (χ1v) is 7.14. The zero-order chi connectivity index (χ0) is 15.6. The number of rotatable bonds is 4. The summed E-state index contributed by atoms with van der Waals surface area (Å²) >= 11 is 0. The van der Waals surface area contributed by atoms with Crippen LogP contribution in [-0.2, 0) is 20.7 Å². The SMILES string of the molecule is CCOC(=O)CCc1ccc2c(c1)C(O)C(C)(C)C(=O)N2. The Balaban J connectivity index is 2.18. The van der Waals surface area contributed by atoms with Gasteiger partial charge < -0.3 is 15.2 Å². The van der Waals surface area contributed by atoms with Gasteiger partial charge in [-0.3, -0.25) is 9.59 Å². The molecule has 1 aromatic carbocycles. The minimum Gasteiger partial charge on any atom is -0.466 e. The van der Waals surface area contributed by atoms with Crippen LogP contribution < -0.4 is 5.32 Å². The molecule has 1 unspecified atom stereocenters. The Hall–Kier alpha value is -1.88. The fourth-order valence-electron chi connectivity index (χ4n) is 2.38. The molecule has 1 atom stereocenters. The molecule has 0 radical (unpaired) electrons. The number of esters is 1. The highest BCUT2D eigenvalue weighted by atomic mass is 16.5. The molecule has 0 saturated carbocycles. The van der Waals surface area contributed by atoms with Gasteiger partial charge in [0.1, 0.15) is 0 Å². The van der Waals surface area contributed by atoms with Crippen molar-refractivity contribution in [1.29, 1.82) is 0 Å². The number of aryl methyl sites for hydroxylation is 1. The molecule has 0 aromatic heterocycles. The molecule has 2 N–H and O–H groups in total. The summed E-state index contributed by atoms with van der Waals surface area (Å²) in [5.74, 6) is -0.425. The van der Waals surface area contributed by atoms with Crippen LogP contribution in [0.5, 0.6) is 0 Å². The molecule has 21 heavy (non-hydrogen) atoms. The Labute approximate surface area is 124 Å². The standard InChI is InChI=1S/C16H21NO4/c1-4-21-13(18)8-6-10-5-7-12-11(9-10)14(19)16(2,3)15(20)17-12/h5,7,9,14,19H,4,6,8H2,1-3H3,(H,17,20). The number of aliphatic hydroxyl groups is 1. The molecular formula is C16H21NO4. The van der Waals surface area contributed by atoms with E-state index in [-0.39, 0.29) is 11.9 Å². The first-order valence-electron chi connectivity index (χ1n) is 7.14. The number of hydrogen-bond acceptors (Lipinski definition) is 4. The second kappa shape index (κ2) is 5.85. The predicted molar refractivity (Wildman–Crippen MR) is 78.8 cm³/mol. The van der Waals surface area contributed by atoms with Crippen LogP contribution in [0.4, 0.5) is 5.69 Å². The number of aliphatic hydroxyl groups excluding tert-OH is 1. The Bertz CT molecular complexity index is 565. The number of ether oxygens (including phenoxy) is 1. The van der Waals surface area contributed by atoms with E-state index in [1.807, 2.05) is 12.1 Å². The molecule has 1 heterocycles. The lowest BCUT2D eigenvalue weighted by Crippen LogP contribution is -2.40. The minimum atomic E-state index is -0.868. The maximum atomic E-state index is 11.9. The number of hydrogen-bond donors (Lipinski definition) is 2. The molecule has 5 nitrogen and oxygen atoms in total. The van der Waals surface area contributed by atoms with Gasteiger partial charge in [-0.15, -0.1) is 0 Å². The molecule has 0 fully saturated rings. The third-order valence-corrected chi connectivity index (χ3v) is 3.85. The third-order valence-electron chi connectivity index (χ3n) is 3.85. The van der Waals surface area contributed by atoms with E-state index in [2.05, 4.69) is 5.32 Å². The predicted octanol–water partition coefficient (Wildman–Crippen LogP) is 2.19. The third kappa shape index (κ3) is 3.08. The summed E-state index contributed by atoms with van der Waals surface area (Å²) in [6, 6.07) is 5.47. The van der Waals surface area contributed by atoms with Gasteiger partial charge in [0, 0.05) is 17.7 Å². The van der Waals surface area contributed by atoms with E-state index in [1.165, 1.54) is 0 Å². The van der Waals surface area contributed by atoms with Crippen molar-refractivity contribution in [2.45, 2.75) is 39.7 Å². The highest BCUT2D eigenvalue weighted by molar-refractivity contribution is 5.98. The van der Waals surface area contributed by atoms with E-state index in [0.29, 0.717) is 30.7 Å². The summed E-state index contributed by atoms with van der Waals surface area (Å²) in [6.45, 7) is 5.57. The van der Waals surface area contributed by atoms with Crippen molar-refractivity contribution in [3.05, 3.63) is 29.3 Å². The molecule has 2 rings (SSSR count). The highest BCUT2D eigenvalue weighted by Gasteiger charge is 2.41. The maximum Gasteiger partial charge on any atom is 0.306 e. The van der Waals surface area contributed by atoms with Crippen LogP contribution in [-0.4, -0.2) is 23.6 Å². The second-order valence-electron chi connectivity index (χ2n) is 5.80. The number of fused-ring (bicyclic) bond motifs is 1. The zero-order valence-electron chi connectivity index (χ0n) is 12.6. The van der Waals surface area contributed by atoms with Gasteiger partial charge in [0.05, 0.1) is 18.1 Å². The molecule has 0 spiro atoms. The summed E-state index contributed by atoms with van der Waals surface area (Å²) in [4.78, 5) is 23.3. The van der Waals surface area contributed by atoms with Crippen molar-refractivity contribution in [2.75, 3.05) is 11.9 Å². The summed E-state index contributed by atoms with van der Waals surface area (Å²) in [5, 5.41) is 13.2. The van der Waals surface area contributed by atoms with Gasteiger partial charge in [-0.2, -0.15) is 0 Å². The Morgan fingerprint density at radius 1 is 1.43 bits per heavy atom. The lowest BCUT2D eigenvalue weighted by molar-refractivity contribution is -0.143. The van der Waals surface area contributed by atoms with Crippen LogP contribution >= 0.6 is 0 Å². The van der Waals surface area contributed by atoms with Gasteiger partial charge in [0.25, 0.3) is 0 Å². The van der Waals surface area contributed by atoms with E-state index in [9.17, 15) is 14.7 Å². The zero-order valence-corrected chi connectivity index (χ0v) is 12.6. The van der Waals surface area contributed by atoms with Crippen LogP contribution in [0.25, 0.3) is 0 Å². The summed E-state index contributed by atoms with van der Waals surface area (Å²) < 4.78 is 4.90. The second-order valence-corrected chi connectivity index (χ2v) is 5.80. The fraction of sp³-hybridized carbons (Fsp3) is 0.500. The fourth-order valence-corrected chi connectivity index (χ4v) is 2.38. The first-order chi connectivity index (χ1) is 9.86. The normalized spacial score (nSPS) is 19.6. The van der Waals surface area contributed by atoms with Gasteiger partial charge >= 0.3 is 5.97 Å². The molecule has 0 bridgehead atoms. The monoisotopic (exact) mass is 291 g/mol. The van der Waals surface area contributed by atoms with Crippen LogP contribution in [0.15, 0.2) is 18.2 Å². The Morgan fingerprint density at radius 3 is 2.81 bits per heavy atom. The van der Waals surface area contributed by atoms with Crippen LogP contribution in [0.3, 0.4) is 0 Å². The number of carbonyl (C=O) groups excluding carboxylic acids is 2. The van der Waals surface area contributed by atoms with Gasteiger partial charge in [-0.25, -0.2) is 0 Å². The molecule has 114 valence electrons. The van der Waals surface area contributed by atoms with Crippen LogP contribution in [0, 0.1) is 5.41 Å². The molecule has 1 aromatic rings. The summed E-state index contributed by atoms with van der Waals surface area (Å²) in [7, 11) is 0. The molecule has 0 aliphatic carbocycles. The number of nitrogens with one attached hydrogen (secondary N) is 1. The average Bonchev–Trinajstić information content (AvgIpc) is 2.44. The van der Waals surface area contributed by atoms with E-state index < -0.39 is 11.5 Å². The largest absolute Gasteiger partial charge is 0.466 e. The number of anilines is 1. The number of benzene rings is 1. The topological polar surface area (TPSA) is 75.6 Å². The molecular weight excluding hydrogens is 270 g/mol. The number of amides is 1. The Kier molecular flexibility index (Phi) is 4.32. The highest BCUT2D eigenvalue weighted by Crippen LogP contribution is 2.42. The van der Waals surface area contributed by atoms with Crippen molar-refractivity contribution in [1.82, 2.24) is 0 Å². The average molecular weight is 291 g/mol. The first kappa shape index (κ1) is 15.5. The Morgan fingerprint density at radius 2 is 2.14 bits per heavy atom. The van der Waals surface area contributed by atoms with Crippen LogP contribution in [0.1, 0.15) is 44.4 Å². The van der Waals surface area contributed by atoms with Gasteiger partial charge in [-0.05, 0) is 38.8 Å². The van der Waals surface area contributed by atoms with Crippen molar-refractivity contribution in [3.8, 4) is 0 Å². The molecule has 5 heteroatoms. The van der Waals surface area contributed by atoms with Gasteiger partial charge in [0.15, 0.2) is 0 Å². The summed E-state index contributed by atoms with van der Waals surface area (Å²) in [6.07, 6.45) is -0.00474. The minimum absolute atomic E-state index is 0.193. The van der Waals surface area contributed by atoms with Crippen molar-refractivity contribution < 1.29 is 19.4 Å².